The molecule has 2 heterocycles. The van der Waals surface area contributed by atoms with Gasteiger partial charge in [-0.05, 0) is 18.2 Å². The average Bonchev–Trinajstić information content (AvgIpc) is 3.37. The molecule has 4 aromatic rings. The molecule has 0 spiro atoms. The molecule has 0 aliphatic rings. The zero-order chi connectivity index (χ0) is 21.8. The number of carbonyl (C=O) groups is 2. The van der Waals surface area contributed by atoms with E-state index in [1.165, 1.54) is 0 Å². The summed E-state index contributed by atoms with van der Waals surface area (Å²) in [4.78, 5) is 24.1. The molecule has 0 aliphatic heterocycles. The quantitative estimate of drug-likeness (QED) is 0.479. The van der Waals surface area contributed by atoms with Crippen molar-refractivity contribution in [3.05, 3.63) is 60.9 Å². The van der Waals surface area contributed by atoms with Gasteiger partial charge in [0.05, 0.1) is 11.7 Å². The first kappa shape index (κ1) is 20.1. The maximum atomic E-state index is 12.6. The first-order valence-corrected chi connectivity index (χ1v) is 9.72. The van der Waals surface area contributed by atoms with Gasteiger partial charge < -0.3 is 15.4 Å². The number of nitrogens with one attached hydrogen (secondary N) is 2. The zero-order valence-electron chi connectivity index (χ0n) is 17.2. The lowest BCUT2D eigenvalue weighted by Gasteiger charge is -2.09. The number of hydrogen-bond acceptors (Lipinski definition) is 5. The van der Waals surface area contributed by atoms with Gasteiger partial charge >= 0.3 is 0 Å². The first-order chi connectivity index (χ1) is 15.0. The molecule has 0 saturated carbocycles. The molecule has 2 aromatic heterocycles. The third-order valence-corrected chi connectivity index (χ3v) is 4.79. The van der Waals surface area contributed by atoms with Crippen LogP contribution in [-0.2, 0) is 23.2 Å². The summed E-state index contributed by atoms with van der Waals surface area (Å²) in [6.45, 7) is -0.0474. The maximum absolute atomic E-state index is 12.6. The molecule has 2 aromatic carbocycles. The molecule has 9 heteroatoms. The summed E-state index contributed by atoms with van der Waals surface area (Å²) in [6.07, 6.45) is 3.42. The highest BCUT2D eigenvalue weighted by Crippen LogP contribution is 2.29. The molecule has 0 radical (unpaired) electrons. The molecule has 0 saturated heterocycles. The Morgan fingerprint density at radius 3 is 2.68 bits per heavy atom. The largest absolute Gasteiger partial charge is 0.483 e. The summed E-state index contributed by atoms with van der Waals surface area (Å²) in [6, 6.07) is 15.1. The second kappa shape index (κ2) is 8.70. The van der Waals surface area contributed by atoms with Crippen molar-refractivity contribution in [2.24, 2.45) is 7.05 Å². The summed E-state index contributed by atoms with van der Waals surface area (Å²) >= 11 is 0. The predicted molar refractivity (Wildman–Crippen MR) is 117 cm³/mol. The Bertz CT molecular complexity index is 1240. The van der Waals surface area contributed by atoms with Gasteiger partial charge in [0.2, 0.25) is 5.91 Å². The number of para-hydroxylation sites is 2. The molecule has 0 atom stereocenters. The average molecular weight is 418 g/mol. The van der Waals surface area contributed by atoms with Gasteiger partial charge in [-0.1, -0.05) is 30.3 Å². The third kappa shape index (κ3) is 4.40. The van der Waals surface area contributed by atoms with Crippen LogP contribution in [-0.4, -0.2) is 45.0 Å². The minimum absolute atomic E-state index is 0.0339. The number of anilines is 1. The molecular formula is C22H22N6O3. The van der Waals surface area contributed by atoms with Crippen molar-refractivity contribution in [1.29, 1.82) is 0 Å². The van der Waals surface area contributed by atoms with Crippen LogP contribution >= 0.6 is 0 Å². The fourth-order valence-electron chi connectivity index (χ4n) is 3.26. The molecule has 31 heavy (non-hydrogen) atoms. The second-order valence-corrected chi connectivity index (χ2v) is 6.92. The lowest BCUT2D eigenvalue weighted by Crippen LogP contribution is -2.24. The number of aryl methyl sites for hydroxylation is 1. The summed E-state index contributed by atoms with van der Waals surface area (Å²) in [5.74, 6) is 0.630. The predicted octanol–water partition coefficient (Wildman–Crippen LogP) is 2.20. The summed E-state index contributed by atoms with van der Waals surface area (Å²) in [7, 11) is 3.39. The number of rotatable bonds is 7. The maximum Gasteiger partial charge on any atom is 0.257 e. The Hall–Kier alpha value is -4.14. The van der Waals surface area contributed by atoms with Gasteiger partial charge in [0.1, 0.15) is 12.3 Å². The van der Waals surface area contributed by atoms with Gasteiger partial charge in [0.25, 0.3) is 5.91 Å². The number of nitrogens with zero attached hydrogens (tertiary/aromatic N) is 4. The molecule has 9 nitrogen and oxygen atoms in total. The van der Waals surface area contributed by atoms with Gasteiger partial charge in [-0.15, -0.1) is 0 Å². The van der Waals surface area contributed by atoms with Crippen LogP contribution in [0, 0.1) is 0 Å². The number of ether oxygens (including phenoxy) is 1. The highest BCUT2D eigenvalue weighted by Gasteiger charge is 2.14. The van der Waals surface area contributed by atoms with Crippen LogP contribution in [0.4, 0.5) is 5.82 Å². The van der Waals surface area contributed by atoms with E-state index >= 15 is 0 Å². The van der Waals surface area contributed by atoms with Crippen LogP contribution in [0.2, 0.25) is 0 Å². The molecular weight excluding hydrogens is 396 g/mol. The van der Waals surface area contributed by atoms with Crippen LogP contribution in [0.15, 0.2) is 60.9 Å². The van der Waals surface area contributed by atoms with E-state index < -0.39 is 0 Å². The molecule has 0 bridgehead atoms. The Morgan fingerprint density at radius 1 is 1.06 bits per heavy atom. The van der Waals surface area contributed by atoms with E-state index in [1.54, 1.807) is 34.9 Å². The first-order valence-electron chi connectivity index (χ1n) is 9.72. The van der Waals surface area contributed by atoms with Gasteiger partial charge in [-0.2, -0.15) is 10.2 Å². The van der Waals surface area contributed by atoms with E-state index in [2.05, 4.69) is 20.8 Å². The van der Waals surface area contributed by atoms with Gasteiger partial charge in [-0.3, -0.25) is 19.0 Å². The molecule has 4 rings (SSSR count). The van der Waals surface area contributed by atoms with Crippen molar-refractivity contribution in [2.75, 3.05) is 19.0 Å². The topological polar surface area (TPSA) is 103 Å². The second-order valence-electron chi connectivity index (χ2n) is 6.92. The Balaban J connectivity index is 1.47. The summed E-state index contributed by atoms with van der Waals surface area (Å²) < 4.78 is 8.89. The van der Waals surface area contributed by atoms with Gasteiger partial charge in [-0.25, -0.2) is 0 Å². The van der Waals surface area contributed by atoms with E-state index in [4.69, 9.17) is 4.74 Å². The van der Waals surface area contributed by atoms with Crippen LogP contribution in [0.3, 0.4) is 0 Å². The fourth-order valence-corrected chi connectivity index (χ4v) is 3.26. The molecule has 158 valence electrons. The summed E-state index contributed by atoms with van der Waals surface area (Å²) in [5, 5.41) is 14.9. The Morgan fingerprint density at radius 2 is 1.84 bits per heavy atom. The van der Waals surface area contributed by atoms with E-state index in [0.29, 0.717) is 11.6 Å². The van der Waals surface area contributed by atoms with Crippen molar-refractivity contribution in [1.82, 2.24) is 24.9 Å². The number of amides is 2. The van der Waals surface area contributed by atoms with E-state index in [1.807, 2.05) is 49.5 Å². The zero-order valence-corrected chi connectivity index (χ0v) is 17.2. The van der Waals surface area contributed by atoms with E-state index in [-0.39, 0.29) is 25.0 Å². The Kier molecular flexibility index (Phi) is 5.65. The van der Waals surface area contributed by atoms with Crippen molar-refractivity contribution in [3.8, 4) is 16.9 Å². The van der Waals surface area contributed by atoms with Gasteiger partial charge in [0.15, 0.2) is 12.4 Å². The summed E-state index contributed by atoms with van der Waals surface area (Å²) in [5.41, 5.74) is 2.50. The highest BCUT2D eigenvalue weighted by atomic mass is 16.5. The molecule has 2 N–H and O–H groups in total. The van der Waals surface area contributed by atoms with Crippen LogP contribution in [0.25, 0.3) is 22.0 Å². The fraction of sp³-hybridized carbons (Fsp3) is 0.182. The van der Waals surface area contributed by atoms with Crippen molar-refractivity contribution in [2.45, 2.75) is 6.54 Å². The number of hydrogen-bond donors (Lipinski definition) is 2. The number of benzene rings is 2. The SMILES string of the molecule is CNC(=O)COc1ccccc1-c1cnn(CC(=O)Nc2nn(C)c3ccccc23)c1. The number of carbonyl (C=O) groups excluding carboxylic acids is 2. The van der Waals surface area contributed by atoms with E-state index in [0.717, 1.165) is 22.0 Å². The van der Waals surface area contributed by atoms with Crippen molar-refractivity contribution in [3.63, 3.8) is 0 Å². The van der Waals surface area contributed by atoms with Crippen molar-refractivity contribution < 1.29 is 14.3 Å². The molecule has 2 amide bonds. The molecule has 0 aliphatic carbocycles. The van der Waals surface area contributed by atoms with Crippen LogP contribution < -0.4 is 15.4 Å². The lowest BCUT2D eigenvalue weighted by molar-refractivity contribution is -0.122. The monoisotopic (exact) mass is 418 g/mol. The minimum atomic E-state index is -0.234. The van der Waals surface area contributed by atoms with Gasteiger partial charge in [0, 0.05) is 36.8 Å². The van der Waals surface area contributed by atoms with Crippen LogP contribution in [0.1, 0.15) is 0 Å². The number of aromatic nitrogens is 4. The lowest BCUT2D eigenvalue weighted by atomic mass is 10.1. The molecule has 0 fully saturated rings. The number of fused-ring (bicyclic) bond motifs is 1. The van der Waals surface area contributed by atoms with Crippen molar-refractivity contribution >= 4 is 28.5 Å². The van der Waals surface area contributed by atoms with E-state index in [9.17, 15) is 9.59 Å². The smallest absolute Gasteiger partial charge is 0.257 e. The third-order valence-electron chi connectivity index (χ3n) is 4.79. The van der Waals surface area contributed by atoms with Crippen LogP contribution in [0.5, 0.6) is 5.75 Å². The Labute approximate surface area is 178 Å². The molecule has 0 unspecified atom stereocenters. The standard InChI is InChI=1S/C22H22N6O3/c1-23-21(30)14-31-19-10-6-4-7-16(19)15-11-24-28(12-15)13-20(29)25-22-17-8-3-5-9-18(17)27(2)26-22/h3-12H,13-14H2,1-2H3,(H,23,30)(H,25,26,29). The number of likely N-dealkylation sites (N-methyl/N-ethyl adjacent to an activating group) is 1. The minimum Gasteiger partial charge on any atom is -0.483 e. The normalized spacial score (nSPS) is 10.8. The highest BCUT2D eigenvalue weighted by molar-refractivity contribution is 5.99.